The van der Waals surface area contributed by atoms with E-state index in [0.29, 0.717) is 12.3 Å². The molecule has 0 saturated carbocycles. The van der Waals surface area contributed by atoms with Gasteiger partial charge in [0.05, 0.1) is 11.9 Å². The van der Waals surface area contributed by atoms with Crippen molar-refractivity contribution in [3.63, 3.8) is 0 Å². The molecule has 2 heterocycles. The highest BCUT2D eigenvalue weighted by Crippen LogP contribution is 2.28. The van der Waals surface area contributed by atoms with Gasteiger partial charge in [-0.3, -0.25) is 9.48 Å². The molecule has 3 rings (SSSR count). The number of furan rings is 1. The Balaban J connectivity index is 2.05. The van der Waals surface area contributed by atoms with Gasteiger partial charge in [0, 0.05) is 37.8 Å². The standard InChI is InChI=1S/C17H20N4O2/c1-19(2)11-14-13-7-5-6-8-15(13)23-16(14)17(22)21(4)12-9-18-20(3)10-12/h5-10H,11H2,1-4H3. The second-order valence-electron chi connectivity index (χ2n) is 5.88. The topological polar surface area (TPSA) is 54.5 Å². The molecular formula is C17H20N4O2. The molecule has 6 nitrogen and oxygen atoms in total. The van der Waals surface area contributed by atoms with Crippen molar-refractivity contribution in [3.05, 3.63) is 48.0 Å². The number of hydrogen-bond acceptors (Lipinski definition) is 4. The number of anilines is 1. The first-order chi connectivity index (χ1) is 11.0. The number of amides is 1. The number of rotatable bonds is 4. The zero-order valence-corrected chi connectivity index (χ0v) is 13.8. The largest absolute Gasteiger partial charge is 0.451 e. The SMILES string of the molecule is CN(C)Cc1c(C(=O)N(C)c2cnn(C)c2)oc2ccccc12. The number of benzene rings is 1. The highest BCUT2D eigenvalue weighted by atomic mass is 16.3. The summed E-state index contributed by atoms with van der Waals surface area (Å²) in [5, 5.41) is 5.09. The van der Waals surface area contributed by atoms with E-state index >= 15 is 0 Å². The molecule has 0 atom stereocenters. The fraction of sp³-hybridized carbons (Fsp3) is 0.294. The summed E-state index contributed by atoms with van der Waals surface area (Å²) >= 11 is 0. The number of aromatic nitrogens is 2. The van der Waals surface area contributed by atoms with Crippen LogP contribution in [0.1, 0.15) is 16.1 Å². The third kappa shape index (κ3) is 2.85. The van der Waals surface area contributed by atoms with Crippen molar-refractivity contribution < 1.29 is 9.21 Å². The smallest absolute Gasteiger partial charge is 0.294 e. The molecule has 0 saturated heterocycles. The zero-order valence-electron chi connectivity index (χ0n) is 13.8. The molecule has 23 heavy (non-hydrogen) atoms. The van der Waals surface area contributed by atoms with Gasteiger partial charge in [-0.1, -0.05) is 18.2 Å². The average Bonchev–Trinajstić information content (AvgIpc) is 3.10. The zero-order chi connectivity index (χ0) is 16.6. The Kier molecular flexibility index (Phi) is 3.92. The summed E-state index contributed by atoms with van der Waals surface area (Å²) in [6, 6.07) is 7.73. The molecule has 0 unspecified atom stereocenters. The molecule has 0 aliphatic rings. The average molecular weight is 312 g/mol. The lowest BCUT2D eigenvalue weighted by Crippen LogP contribution is -2.27. The molecule has 120 valence electrons. The van der Waals surface area contributed by atoms with E-state index in [-0.39, 0.29) is 5.91 Å². The van der Waals surface area contributed by atoms with Crippen LogP contribution in [0.5, 0.6) is 0 Å². The van der Waals surface area contributed by atoms with E-state index in [4.69, 9.17) is 4.42 Å². The number of carbonyl (C=O) groups excluding carboxylic acids is 1. The lowest BCUT2D eigenvalue weighted by Gasteiger charge is -2.15. The van der Waals surface area contributed by atoms with Gasteiger partial charge in [0.15, 0.2) is 5.76 Å². The van der Waals surface area contributed by atoms with Crippen molar-refractivity contribution >= 4 is 22.6 Å². The molecule has 1 aromatic carbocycles. The van der Waals surface area contributed by atoms with E-state index in [1.165, 1.54) is 0 Å². The second-order valence-corrected chi connectivity index (χ2v) is 5.88. The van der Waals surface area contributed by atoms with Gasteiger partial charge >= 0.3 is 0 Å². The van der Waals surface area contributed by atoms with Crippen molar-refractivity contribution in [2.75, 3.05) is 26.0 Å². The van der Waals surface area contributed by atoms with E-state index < -0.39 is 0 Å². The molecule has 0 N–H and O–H groups in total. The van der Waals surface area contributed by atoms with Crippen LogP contribution in [0.2, 0.25) is 0 Å². The van der Waals surface area contributed by atoms with Gasteiger partial charge in [0.1, 0.15) is 5.58 Å². The van der Waals surface area contributed by atoms with Crippen LogP contribution in [0.3, 0.4) is 0 Å². The van der Waals surface area contributed by atoms with Crippen molar-refractivity contribution in [3.8, 4) is 0 Å². The molecule has 6 heteroatoms. The number of para-hydroxylation sites is 1. The monoisotopic (exact) mass is 312 g/mol. The van der Waals surface area contributed by atoms with Crippen LogP contribution in [0.15, 0.2) is 41.1 Å². The third-order valence-corrected chi connectivity index (χ3v) is 3.75. The first-order valence-electron chi connectivity index (χ1n) is 7.39. The van der Waals surface area contributed by atoms with Crippen LogP contribution in [-0.4, -0.2) is 41.7 Å². The molecule has 3 aromatic rings. The van der Waals surface area contributed by atoms with Crippen molar-refractivity contribution in [1.82, 2.24) is 14.7 Å². The summed E-state index contributed by atoms with van der Waals surface area (Å²) in [5.41, 5.74) is 2.37. The van der Waals surface area contributed by atoms with E-state index in [9.17, 15) is 4.79 Å². The van der Waals surface area contributed by atoms with Crippen LogP contribution >= 0.6 is 0 Å². The summed E-state index contributed by atoms with van der Waals surface area (Å²) in [6.07, 6.45) is 3.46. The molecule has 1 amide bonds. The number of fused-ring (bicyclic) bond motifs is 1. The lowest BCUT2D eigenvalue weighted by molar-refractivity contribution is 0.0966. The second kappa shape index (κ2) is 5.89. The first-order valence-corrected chi connectivity index (χ1v) is 7.39. The maximum absolute atomic E-state index is 12.9. The Morgan fingerprint density at radius 1 is 1.26 bits per heavy atom. The third-order valence-electron chi connectivity index (χ3n) is 3.75. The van der Waals surface area contributed by atoms with Gasteiger partial charge < -0.3 is 14.2 Å². The van der Waals surface area contributed by atoms with Gasteiger partial charge in [-0.15, -0.1) is 0 Å². The molecule has 0 radical (unpaired) electrons. The number of nitrogens with zero attached hydrogens (tertiary/aromatic N) is 4. The molecule has 0 aliphatic carbocycles. The Bertz CT molecular complexity index is 847. The van der Waals surface area contributed by atoms with Crippen LogP contribution < -0.4 is 4.90 Å². The highest BCUT2D eigenvalue weighted by molar-refractivity contribution is 6.07. The van der Waals surface area contributed by atoms with Gasteiger partial charge in [-0.25, -0.2) is 0 Å². The van der Waals surface area contributed by atoms with Gasteiger partial charge in [-0.2, -0.15) is 5.10 Å². The van der Waals surface area contributed by atoms with Gasteiger partial charge in [0.2, 0.25) is 0 Å². The summed E-state index contributed by atoms with van der Waals surface area (Å²) < 4.78 is 7.53. The molecule has 2 aromatic heterocycles. The van der Waals surface area contributed by atoms with Crippen LogP contribution in [0.4, 0.5) is 5.69 Å². The first kappa shape index (κ1) is 15.3. The maximum atomic E-state index is 12.9. The molecule has 0 aliphatic heterocycles. The summed E-state index contributed by atoms with van der Waals surface area (Å²) in [5.74, 6) is 0.206. The number of aryl methyl sites for hydroxylation is 1. The Labute approximate surface area is 134 Å². The molecule has 0 fully saturated rings. The Morgan fingerprint density at radius 2 is 2.00 bits per heavy atom. The lowest BCUT2D eigenvalue weighted by atomic mass is 10.1. The number of carbonyl (C=O) groups is 1. The minimum absolute atomic E-state index is 0.175. The fourth-order valence-electron chi connectivity index (χ4n) is 2.60. The van der Waals surface area contributed by atoms with Crippen molar-refractivity contribution in [2.45, 2.75) is 6.54 Å². The van der Waals surface area contributed by atoms with Crippen LogP contribution in [0.25, 0.3) is 11.0 Å². The quantitative estimate of drug-likeness (QED) is 0.743. The highest BCUT2D eigenvalue weighted by Gasteiger charge is 2.24. The van der Waals surface area contributed by atoms with Crippen molar-refractivity contribution in [1.29, 1.82) is 0 Å². The van der Waals surface area contributed by atoms with Crippen LogP contribution in [0, 0.1) is 0 Å². The maximum Gasteiger partial charge on any atom is 0.294 e. The van der Waals surface area contributed by atoms with E-state index in [0.717, 1.165) is 22.2 Å². The van der Waals surface area contributed by atoms with E-state index in [1.807, 2.05) is 50.3 Å². The summed E-state index contributed by atoms with van der Waals surface area (Å²) in [7, 11) is 7.49. The minimum atomic E-state index is -0.175. The molecule has 0 spiro atoms. The predicted octanol–water partition coefficient (Wildman–Crippen LogP) is 2.50. The Hall–Kier alpha value is -2.60. The van der Waals surface area contributed by atoms with E-state index in [2.05, 4.69) is 5.10 Å². The van der Waals surface area contributed by atoms with Gasteiger partial charge in [0.25, 0.3) is 5.91 Å². The van der Waals surface area contributed by atoms with Gasteiger partial charge in [-0.05, 0) is 20.2 Å². The molecular weight excluding hydrogens is 292 g/mol. The summed E-state index contributed by atoms with van der Waals surface area (Å²) in [4.78, 5) is 16.5. The summed E-state index contributed by atoms with van der Waals surface area (Å²) in [6.45, 7) is 0.638. The number of hydrogen-bond donors (Lipinski definition) is 0. The fourth-order valence-corrected chi connectivity index (χ4v) is 2.60. The van der Waals surface area contributed by atoms with E-state index in [1.54, 1.807) is 29.0 Å². The predicted molar refractivity (Wildman–Crippen MR) is 89.5 cm³/mol. The molecule has 0 bridgehead atoms. The van der Waals surface area contributed by atoms with Crippen molar-refractivity contribution in [2.24, 2.45) is 7.05 Å². The minimum Gasteiger partial charge on any atom is -0.451 e. The Morgan fingerprint density at radius 3 is 2.65 bits per heavy atom. The van der Waals surface area contributed by atoms with Crippen LogP contribution in [-0.2, 0) is 13.6 Å². The normalized spacial score (nSPS) is 11.3.